The van der Waals surface area contributed by atoms with E-state index in [9.17, 15) is 9.59 Å². The van der Waals surface area contributed by atoms with Crippen LogP contribution >= 0.6 is 11.6 Å². The topological polar surface area (TPSA) is 88.3 Å². The lowest BCUT2D eigenvalue weighted by atomic mass is 9.85. The zero-order valence-electron chi connectivity index (χ0n) is 16.8. The van der Waals surface area contributed by atoms with E-state index in [2.05, 4.69) is 15.5 Å². The van der Waals surface area contributed by atoms with Crippen molar-refractivity contribution in [3.63, 3.8) is 0 Å². The van der Waals surface area contributed by atoms with Gasteiger partial charge >= 0.3 is 0 Å². The molecule has 0 spiro atoms. The number of amides is 2. The van der Waals surface area contributed by atoms with Crippen molar-refractivity contribution in [2.75, 3.05) is 16.8 Å². The first-order chi connectivity index (χ1) is 15.1. The van der Waals surface area contributed by atoms with Gasteiger partial charge in [0.2, 0.25) is 23.5 Å². The molecule has 1 saturated heterocycles. The van der Waals surface area contributed by atoms with Crippen LogP contribution in [0, 0.1) is 5.92 Å². The lowest BCUT2D eigenvalue weighted by Gasteiger charge is -2.20. The maximum Gasteiger partial charge on any atom is 0.230 e. The van der Waals surface area contributed by atoms with Crippen LogP contribution in [0.3, 0.4) is 0 Å². The zero-order valence-corrected chi connectivity index (χ0v) is 17.5. The van der Waals surface area contributed by atoms with Crippen molar-refractivity contribution in [3.05, 3.63) is 59.4 Å². The van der Waals surface area contributed by atoms with Crippen molar-refractivity contribution in [2.24, 2.45) is 5.92 Å². The molecule has 3 aromatic rings. The van der Waals surface area contributed by atoms with Crippen LogP contribution in [0.5, 0.6) is 0 Å². The van der Waals surface area contributed by atoms with E-state index in [4.69, 9.17) is 16.1 Å². The molecule has 31 heavy (non-hydrogen) atoms. The summed E-state index contributed by atoms with van der Waals surface area (Å²) in [5.74, 6) is 0.838. The fourth-order valence-corrected chi connectivity index (χ4v) is 4.12. The third-order valence-corrected chi connectivity index (χ3v) is 6.14. The molecular weight excluding hydrogens is 416 g/mol. The van der Waals surface area contributed by atoms with Crippen LogP contribution in [0.15, 0.2) is 53.1 Å². The number of nitrogens with zero attached hydrogens (tertiary/aromatic N) is 3. The van der Waals surface area contributed by atoms with Crippen molar-refractivity contribution in [1.29, 1.82) is 0 Å². The van der Waals surface area contributed by atoms with E-state index in [0.29, 0.717) is 34.9 Å². The molecular formula is C23H21ClN4O3. The smallest absolute Gasteiger partial charge is 0.230 e. The van der Waals surface area contributed by atoms with Crippen molar-refractivity contribution >= 4 is 34.8 Å². The lowest BCUT2D eigenvalue weighted by Crippen LogP contribution is -2.28. The van der Waals surface area contributed by atoms with Crippen LogP contribution in [0.4, 0.5) is 11.4 Å². The van der Waals surface area contributed by atoms with E-state index < -0.39 is 5.92 Å². The Bertz CT molecular complexity index is 1140. The monoisotopic (exact) mass is 436 g/mol. The summed E-state index contributed by atoms with van der Waals surface area (Å²) >= 11 is 5.98. The molecule has 2 fully saturated rings. The minimum absolute atomic E-state index is 0.0911. The average Bonchev–Trinajstić information content (AvgIpc) is 3.34. The van der Waals surface area contributed by atoms with Crippen LogP contribution < -0.4 is 10.2 Å². The highest BCUT2D eigenvalue weighted by molar-refractivity contribution is 6.30. The molecule has 1 aromatic heterocycles. The number of hydrogen-bond acceptors (Lipinski definition) is 5. The summed E-state index contributed by atoms with van der Waals surface area (Å²) < 4.78 is 5.42. The van der Waals surface area contributed by atoms with E-state index in [0.717, 1.165) is 24.1 Å². The number of nitrogens with one attached hydrogen (secondary N) is 1. The van der Waals surface area contributed by atoms with Gasteiger partial charge in [-0.3, -0.25) is 9.59 Å². The summed E-state index contributed by atoms with van der Waals surface area (Å²) in [6.07, 6.45) is 3.52. The fraction of sp³-hybridized carbons (Fsp3) is 0.304. The van der Waals surface area contributed by atoms with E-state index in [1.54, 1.807) is 29.2 Å². The van der Waals surface area contributed by atoms with Gasteiger partial charge in [0.15, 0.2) is 0 Å². The normalized spacial score (nSPS) is 18.8. The van der Waals surface area contributed by atoms with E-state index >= 15 is 0 Å². The molecule has 1 saturated carbocycles. The molecule has 1 N–H and O–H groups in total. The Balaban J connectivity index is 1.30. The molecule has 8 heteroatoms. The summed E-state index contributed by atoms with van der Waals surface area (Å²) in [7, 11) is 0. The lowest BCUT2D eigenvalue weighted by molar-refractivity contribution is -0.122. The second-order valence-electron chi connectivity index (χ2n) is 8.04. The van der Waals surface area contributed by atoms with Crippen LogP contribution in [-0.2, 0) is 9.59 Å². The first kappa shape index (κ1) is 19.8. The molecule has 1 aliphatic heterocycles. The molecule has 0 bridgehead atoms. The van der Waals surface area contributed by atoms with Crippen LogP contribution in [0.2, 0.25) is 5.02 Å². The Morgan fingerprint density at radius 3 is 2.77 bits per heavy atom. The molecule has 0 unspecified atom stereocenters. The van der Waals surface area contributed by atoms with Crippen LogP contribution in [0.25, 0.3) is 11.4 Å². The standard InChI is InChI=1S/C23H21ClN4O3/c24-17-7-3-8-18(12-17)25-22(30)16-11-20(29)28(13-16)19-9-2-6-15(10-19)21-26-23(31-27-21)14-4-1-5-14/h2-3,6-10,12,14,16H,1,4-5,11,13H2,(H,25,30)/t16-/m1/s1. The molecule has 5 rings (SSSR count). The Morgan fingerprint density at radius 1 is 1.16 bits per heavy atom. The van der Waals surface area contributed by atoms with E-state index in [1.165, 1.54) is 6.42 Å². The zero-order chi connectivity index (χ0) is 21.4. The van der Waals surface area contributed by atoms with E-state index in [-0.39, 0.29) is 18.2 Å². The van der Waals surface area contributed by atoms with Gasteiger partial charge in [-0.15, -0.1) is 0 Å². The second kappa shape index (κ2) is 8.15. The number of carbonyl (C=O) groups excluding carboxylic acids is 2. The van der Waals surface area contributed by atoms with Gasteiger partial charge in [0.05, 0.1) is 5.92 Å². The number of rotatable bonds is 5. The van der Waals surface area contributed by atoms with Gasteiger partial charge in [-0.1, -0.05) is 41.4 Å². The highest BCUT2D eigenvalue weighted by atomic mass is 35.5. The van der Waals surface area contributed by atoms with Crippen molar-refractivity contribution in [1.82, 2.24) is 10.1 Å². The third-order valence-electron chi connectivity index (χ3n) is 5.90. The van der Waals surface area contributed by atoms with Crippen molar-refractivity contribution in [2.45, 2.75) is 31.6 Å². The van der Waals surface area contributed by atoms with Gasteiger partial charge in [-0.25, -0.2) is 0 Å². The minimum Gasteiger partial charge on any atom is -0.339 e. The second-order valence-corrected chi connectivity index (χ2v) is 8.48. The summed E-state index contributed by atoms with van der Waals surface area (Å²) in [5, 5.41) is 7.50. The number of carbonyl (C=O) groups is 2. The van der Waals surface area contributed by atoms with Gasteiger partial charge in [0.1, 0.15) is 0 Å². The third kappa shape index (κ3) is 4.05. The highest BCUT2D eigenvalue weighted by Gasteiger charge is 2.35. The molecule has 158 valence electrons. The van der Waals surface area contributed by atoms with Gasteiger partial charge in [0.25, 0.3) is 0 Å². The number of benzene rings is 2. The van der Waals surface area contributed by atoms with Crippen molar-refractivity contribution < 1.29 is 14.1 Å². The number of hydrogen-bond donors (Lipinski definition) is 1. The predicted molar refractivity (Wildman–Crippen MR) is 117 cm³/mol. The minimum atomic E-state index is -0.439. The SMILES string of the molecule is O=C(Nc1cccc(Cl)c1)[C@@H]1CC(=O)N(c2cccc(-c3noc(C4CCC4)n3)c2)C1. The highest BCUT2D eigenvalue weighted by Crippen LogP contribution is 2.36. The molecule has 7 nitrogen and oxygen atoms in total. The molecule has 2 aliphatic rings. The first-order valence-electron chi connectivity index (χ1n) is 10.4. The number of anilines is 2. The molecule has 2 aromatic carbocycles. The average molecular weight is 437 g/mol. The Kier molecular flexibility index (Phi) is 5.19. The maximum absolute atomic E-state index is 12.7. The first-order valence-corrected chi connectivity index (χ1v) is 10.8. The maximum atomic E-state index is 12.7. The van der Waals surface area contributed by atoms with Gasteiger partial charge < -0.3 is 14.7 Å². The van der Waals surface area contributed by atoms with E-state index in [1.807, 2.05) is 24.3 Å². The summed E-state index contributed by atoms with van der Waals surface area (Å²) in [6.45, 7) is 0.314. The Morgan fingerprint density at radius 2 is 2.00 bits per heavy atom. The van der Waals surface area contributed by atoms with Gasteiger partial charge in [0, 0.05) is 40.8 Å². The molecule has 2 heterocycles. The quantitative estimate of drug-likeness (QED) is 0.629. The van der Waals surface area contributed by atoms with Crippen LogP contribution in [-0.4, -0.2) is 28.5 Å². The Labute approximate surface area is 184 Å². The fourth-order valence-electron chi connectivity index (χ4n) is 3.93. The van der Waals surface area contributed by atoms with Gasteiger partial charge in [-0.05, 0) is 43.2 Å². The summed E-state index contributed by atoms with van der Waals surface area (Å²) in [5.41, 5.74) is 2.12. The largest absolute Gasteiger partial charge is 0.339 e. The molecule has 0 radical (unpaired) electrons. The summed E-state index contributed by atoms with van der Waals surface area (Å²) in [4.78, 5) is 31.5. The number of aromatic nitrogens is 2. The molecule has 2 amide bonds. The summed E-state index contributed by atoms with van der Waals surface area (Å²) in [6, 6.07) is 14.4. The molecule has 1 atom stereocenters. The molecule has 1 aliphatic carbocycles. The predicted octanol–water partition coefficient (Wildman–Crippen LogP) is 4.65. The van der Waals surface area contributed by atoms with Gasteiger partial charge in [-0.2, -0.15) is 4.98 Å². The number of halogens is 1. The van der Waals surface area contributed by atoms with Crippen molar-refractivity contribution in [3.8, 4) is 11.4 Å². The Hall–Kier alpha value is -3.19. The van der Waals surface area contributed by atoms with Crippen LogP contribution in [0.1, 0.15) is 37.5 Å².